The van der Waals surface area contributed by atoms with Crippen LogP contribution in [0.5, 0.6) is 5.75 Å². The van der Waals surface area contributed by atoms with E-state index >= 15 is 0 Å². The average Bonchev–Trinajstić information content (AvgIpc) is 3.24. The monoisotopic (exact) mass is 450 g/mol. The van der Waals surface area contributed by atoms with Gasteiger partial charge in [0.1, 0.15) is 17.6 Å². The minimum atomic E-state index is -0.193. The number of nitrogens with zero attached hydrogens (tertiary/aromatic N) is 3. The number of aromatic nitrogens is 4. The lowest BCUT2D eigenvalue weighted by Crippen LogP contribution is -2.11. The molecule has 2 heterocycles. The fourth-order valence-electron chi connectivity index (χ4n) is 3.75. The predicted octanol–water partition coefficient (Wildman–Crippen LogP) is 5.12. The second-order valence-electron chi connectivity index (χ2n) is 7.43. The number of hydrogen-bond donors (Lipinski definition) is 3. The summed E-state index contributed by atoms with van der Waals surface area (Å²) in [4.78, 5) is 27.3. The Morgan fingerprint density at radius 2 is 2.03 bits per heavy atom. The lowest BCUT2D eigenvalue weighted by Gasteiger charge is -2.23. The molecule has 0 saturated carbocycles. The van der Waals surface area contributed by atoms with E-state index in [0.717, 1.165) is 27.8 Å². The van der Waals surface area contributed by atoms with Gasteiger partial charge in [0.25, 0.3) is 0 Å². The molecule has 1 unspecified atom stereocenters. The Morgan fingerprint density at radius 1 is 1.22 bits per heavy atom. The number of H-pyrrole nitrogens is 1. The number of carbonyl (C=O) groups is 1. The van der Waals surface area contributed by atoms with Crippen molar-refractivity contribution in [3.05, 3.63) is 59.1 Å². The number of nitrogens with one attached hydrogen (secondary N) is 3. The van der Waals surface area contributed by atoms with Crippen molar-refractivity contribution in [1.82, 2.24) is 19.9 Å². The van der Waals surface area contributed by atoms with Gasteiger partial charge >= 0.3 is 0 Å². The van der Waals surface area contributed by atoms with Gasteiger partial charge in [-0.1, -0.05) is 23.7 Å². The number of imidazole rings is 1. The number of rotatable bonds is 6. The Kier molecular flexibility index (Phi) is 5.96. The molecule has 0 spiro atoms. The number of halogens is 1. The molecule has 1 atom stereocenters. The zero-order valence-electron chi connectivity index (χ0n) is 18.2. The van der Waals surface area contributed by atoms with Crippen molar-refractivity contribution in [2.75, 3.05) is 17.7 Å². The van der Waals surface area contributed by atoms with Crippen molar-refractivity contribution in [2.24, 2.45) is 0 Å². The van der Waals surface area contributed by atoms with Crippen LogP contribution in [0.4, 0.5) is 11.5 Å². The van der Waals surface area contributed by atoms with Crippen LogP contribution in [0.25, 0.3) is 22.3 Å². The highest BCUT2D eigenvalue weighted by Crippen LogP contribution is 2.43. The first-order chi connectivity index (χ1) is 15.4. The third-order valence-electron chi connectivity index (χ3n) is 5.22. The molecule has 4 aromatic rings. The van der Waals surface area contributed by atoms with Crippen molar-refractivity contribution in [2.45, 2.75) is 26.8 Å². The standard InChI is InChI=1S/C23H23ClN6O2/c1-12-18(24)9-17(13(2)29-23-20-22(26-10-25-20)27-11-28-23)21(32-4)19(12)15-6-5-7-16(8-15)30-14(3)31/h5-11,13H,1-4H3,(H,30,31)(H2,25,26,27,28,29). The van der Waals surface area contributed by atoms with Crippen LogP contribution in [0.3, 0.4) is 0 Å². The van der Waals surface area contributed by atoms with E-state index in [1.165, 1.54) is 13.3 Å². The summed E-state index contributed by atoms with van der Waals surface area (Å²) in [7, 11) is 1.64. The first kappa shape index (κ1) is 21.6. The fourth-order valence-corrected chi connectivity index (χ4v) is 3.96. The lowest BCUT2D eigenvalue weighted by atomic mass is 9.93. The smallest absolute Gasteiger partial charge is 0.221 e. The number of carbonyl (C=O) groups excluding carboxylic acids is 1. The summed E-state index contributed by atoms with van der Waals surface area (Å²) in [5, 5.41) is 6.84. The van der Waals surface area contributed by atoms with E-state index in [9.17, 15) is 4.79 Å². The molecule has 0 bridgehead atoms. The van der Waals surface area contributed by atoms with Gasteiger partial charge in [-0.3, -0.25) is 4.79 Å². The average molecular weight is 451 g/mol. The number of anilines is 2. The number of benzene rings is 2. The second-order valence-corrected chi connectivity index (χ2v) is 7.84. The molecule has 0 aliphatic carbocycles. The second kappa shape index (κ2) is 8.84. The molecular weight excluding hydrogens is 428 g/mol. The number of amides is 1. The molecule has 0 saturated heterocycles. The topological polar surface area (TPSA) is 105 Å². The molecule has 9 heteroatoms. The maximum atomic E-state index is 11.5. The molecule has 2 aromatic carbocycles. The summed E-state index contributed by atoms with van der Waals surface area (Å²) < 4.78 is 5.88. The molecule has 0 aliphatic rings. The van der Waals surface area contributed by atoms with Crippen LogP contribution in [0.1, 0.15) is 31.0 Å². The van der Waals surface area contributed by atoms with Gasteiger partial charge in [-0.2, -0.15) is 0 Å². The maximum Gasteiger partial charge on any atom is 0.221 e. The lowest BCUT2D eigenvalue weighted by molar-refractivity contribution is -0.114. The molecule has 0 radical (unpaired) electrons. The summed E-state index contributed by atoms with van der Waals surface area (Å²) in [6.45, 7) is 5.43. The number of methoxy groups -OCH3 is 1. The third-order valence-corrected chi connectivity index (χ3v) is 5.62. The summed E-state index contributed by atoms with van der Waals surface area (Å²) in [5.74, 6) is 1.19. The van der Waals surface area contributed by atoms with E-state index in [4.69, 9.17) is 16.3 Å². The maximum absolute atomic E-state index is 11.5. The Hall–Kier alpha value is -3.65. The summed E-state index contributed by atoms with van der Waals surface area (Å²) in [6, 6.07) is 9.31. The molecule has 8 nitrogen and oxygen atoms in total. The van der Waals surface area contributed by atoms with Crippen LogP contribution in [0.15, 0.2) is 43.0 Å². The van der Waals surface area contributed by atoms with Crippen LogP contribution in [-0.4, -0.2) is 33.0 Å². The van der Waals surface area contributed by atoms with Gasteiger partial charge in [-0.15, -0.1) is 0 Å². The van der Waals surface area contributed by atoms with E-state index < -0.39 is 0 Å². The fraction of sp³-hybridized carbons (Fsp3) is 0.217. The zero-order chi connectivity index (χ0) is 22.8. The van der Waals surface area contributed by atoms with Gasteiger partial charge in [-0.25, -0.2) is 15.0 Å². The molecule has 32 heavy (non-hydrogen) atoms. The highest BCUT2D eigenvalue weighted by molar-refractivity contribution is 6.32. The van der Waals surface area contributed by atoms with Crippen molar-refractivity contribution in [1.29, 1.82) is 0 Å². The van der Waals surface area contributed by atoms with Gasteiger partial charge in [0, 0.05) is 28.8 Å². The third kappa shape index (κ3) is 4.09. The van der Waals surface area contributed by atoms with Crippen molar-refractivity contribution >= 4 is 40.2 Å². The highest BCUT2D eigenvalue weighted by Gasteiger charge is 2.22. The Balaban J connectivity index is 1.79. The van der Waals surface area contributed by atoms with Gasteiger partial charge in [0.2, 0.25) is 5.91 Å². The minimum Gasteiger partial charge on any atom is -0.496 e. The first-order valence-electron chi connectivity index (χ1n) is 10.0. The van der Waals surface area contributed by atoms with E-state index in [-0.39, 0.29) is 11.9 Å². The van der Waals surface area contributed by atoms with E-state index in [2.05, 4.69) is 30.6 Å². The molecule has 164 valence electrons. The summed E-state index contributed by atoms with van der Waals surface area (Å²) in [5.41, 5.74) is 5.52. The van der Waals surface area contributed by atoms with Crippen molar-refractivity contribution < 1.29 is 9.53 Å². The summed E-state index contributed by atoms with van der Waals surface area (Å²) in [6.07, 6.45) is 3.05. The Bertz CT molecular complexity index is 1300. The normalized spacial score (nSPS) is 11.9. The van der Waals surface area contributed by atoms with Crippen LogP contribution in [-0.2, 0) is 4.79 Å². The van der Waals surface area contributed by atoms with Crippen LogP contribution in [0.2, 0.25) is 5.02 Å². The number of aromatic amines is 1. The quantitative estimate of drug-likeness (QED) is 0.376. The van der Waals surface area contributed by atoms with Crippen LogP contribution in [0, 0.1) is 6.92 Å². The molecule has 4 rings (SSSR count). The van der Waals surface area contributed by atoms with Crippen LogP contribution >= 0.6 is 11.6 Å². The number of fused-ring (bicyclic) bond motifs is 1. The van der Waals surface area contributed by atoms with Gasteiger partial charge in [-0.05, 0) is 43.2 Å². The van der Waals surface area contributed by atoms with Gasteiger partial charge in [0.05, 0.1) is 19.5 Å². The largest absolute Gasteiger partial charge is 0.496 e. The predicted molar refractivity (Wildman–Crippen MR) is 126 cm³/mol. The van der Waals surface area contributed by atoms with E-state index in [1.807, 2.05) is 44.2 Å². The van der Waals surface area contributed by atoms with Crippen molar-refractivity contribution in [3.63, 3.8) is 0 Å². The zero-order valence-corrected chi connectivity index (χ0v) is 18.9. The van der Waals surface area contributed by atoms with Gasteiger partial charge < -0.3 is 20.4 Å². The van der Waals surface area contributed by atoms with Crippen LogP contribution < -0.4 is 15.4 Å². The van der Waals surface area contributed by atoms with E-state index in [1.54, 1.807) is 13.4 Å². The molecule has 3 N–H and O–H groups in total. The van der Waals surface area contributed by atoms with Gasteiger partial charge in [0.15, 0.2) is 11.5 Å². The molecule has 2 aromatic heterocycles. The summed E-state index contributed by atoms with van der Waals surface area (Å²) >= 11 is 6.65. The van der Waals surface area contributed by atoms with Crippen molar-refractivity contribution in [3.8, 4) is 16.9 Å². The van der Waals surface area contributed by atoms with E-state index in [0.29, 0.717) is 27.9 Å². The number of hydrogen-bond acceptors (Lipinski definition) is 6. The highest BCUT2D eigenvalue weighted by atomic mass is 35.5. The Labute approximate surface area is 190 Å². The SMILES string of the molecule is COc1c(C(C)Nc2ncnc3nc[nH]c23)cc(Cl)c(C)c1-c1cccc(NC(C)=O)c1. The first-order valence-corrected chi connectivity index (χ1v) is 10.4. The molecule has 0 aliphatic heterocycles. The number of ether oxygens (including phenoxy) is 1. The molecule has 1 amide bonds. The minimum absolute atomic E-state index is 0.134. The Morgan fingerprint density at radius 3 is 2.78 bits per heavy atom. The molecule has 0 fully saturated rings. The molecular formula is C23H23ClN6O2.